The van der Waals surface area contributed by atoms with Gasteiger partial charge in [0, 0.05) is 22.9 Å². The summed E-state index contributed by atoms with van der Waals surface area (Å²) in [6.45, 7) is 5.91. The topological polar surface area (TPSA) is 68.3 Å². The van der Waals surface area contributed by atoms with Gasteiger partial charge in [0.15, 0.2) is 16.8 Å². The van der Waals surface area contributed by atoms with Gasteiger partial charge in [-0.25, -0.2) is 8.78 Å². The van der Waals surface area contributed by atoms with Crippen LogP contribution in [0.4, 0.5) is 8.78 Å². The first-order valence-corrected chi connectivity index (χ1v) is 9.38. The predicted octanol–water partition coefficient (Wildman–Crippen LogP) is 4.23. The number of ketones is 1. The lowest BCUT2D eigenvalue weighted by Gasteiger charge is -2.39. The minimum Gasteiger partial charge on any atom is -0.378 e. The lowest BCUT2D eigenvalue weighted by molar-refractivity contribution is 0.0984. The molecule has 0 unspecified atom stereocenters. The number of nitrogens with zero attached hydrogens (tertiary/aromatic N) is 2. The Morgan fingerprint density at radius 1 is 1.22 bits per heavy atom. The van der Waals surface area contributed by atoms with Gasteiger partial charge in [-0.1, -0.05) is 31.7 Å². The Bertz CT molecular complexity index is 929. The first-order valence-electron chi connectivity index (χ1n) is 8.57. The van der Waals surface area contributed by atoms with Crippen LogP contribution in [0, 0.1) is 11.6 Å². The second-order valence-corrected chi connectivity index (χ2v) is 9.24. The van der Waals surface area contributed by atoms with E-state index in [4.69, 9.17) is 5.73 Å². The zero-order valence-corrected chi connectivity index (χ0v) is 16.2. The van der Waals surface area contributed by atoms with E-state index in [0.717, 1.165) is 0 Å². The van der Waals surface area contributed by atoms with E-state index in [0.29, 0.717) is 22.7 Å². The number of rotatable bonds is 4. The molecule has 1 aromatic carbocycles. The van der Waals surface area contributed by atoms with Crippen molar-refractivity contribution < 1.29 is 13.6 Å². The fourth-order valence-corrected chi connectivity index (χ4v) is 4.73. The zero-order chi connectivity index (χ0) is 19.8. The van der Waals surface area contributed by atoms with Crippen LogP contribution in [-0.2, 0) is 12.0 Å². The molecule has 0 saturated heterocycles. The predicted molar refractivity (Wildman–Crippen MR) is 104 cm³/mol. The highest BCUT2D eigenvalue weighted by molar-refractivity contribution is 8.15. The summed E-state index contributed by atoms with van der Waals surface area (Å²) in [5, 5.41) is 0.408. The second-order valence-electron chi connectivity index (χ2n) is 7.51. The van der Waals surface area contributed by atoms with Crippen molar-refractivity contribution in [2.75, 3.05) is 0 Å². The van der Waals surface area contributed by atoms with Crippen molar-refractivity contribution in [3.63, 3.8) is 0 Å². The lowest BCUT2D eigenvalue weighted by atomic mass is 9.82. The molecule has 0 spiro atoms. The SMILES string of the molecule is CC1(C)C[C@@](C)(c2cc(CC(=O)c3ncccc3F)ccc2F)N=C(N)S1. The second kappa shape index (κ2) is 7.03. The molecule has 3 rings (SSSR count). The Morgan fingerprint density at radius 2 is 1.96 bits per heavy atom. The van der Waals surface area contributed by atoms with Crippen LogP contribution in [0.2, 0.25) is 0 Å². The maximum Gasteiger partial charge on any atom is 0.188 e. The minimum atomic E-state index is -0.835. The smallest absolute Gasteiger partial charge is 0.188 e. The van der Waals surface area contributed by atoms with E-state index < -0.39 is 23.0 Å². The molecule has 0 fully saturated rings. The fourth-order valence-electron chi connectivity index (χ4n) is 3.56. The lowest BCUT2D eigenvalue weighted by Crippen LogP contribution is -2.38. The molecular formula is C20H21F2N3OS. The van der Waals surface area contributed by atoms with Gasteiger partial charge in [0.2, 0.25) is 0 Å². The third kappa shape index (κ3) is 4.18. The highest BCUT2D eigenvalue weighted by Gasteiger charge is 2.40. The Kier molecular flexibility index (Phi) is 5.08. The van der Waals surface area contributed by atoms with Crippen LogP contribution in [-0.4, -0.2) is 20.7 Å². The summed E-state index contributed by atoms with van der Waals surface area (Å²) in [6.07, 6.45) is 1.88. The van der Waals surface area contributed by atoms with Gasteiger partial charge >= 0.3 is 0 Å². The number of nitrogens with two attached hydrogens (primary N) is 1. The first kappa shape index (κ1) is 19.5. The molecule has 27 heavy (non-hydrogen) atoms. The number of carbonyl (C=O) groups excluding carboxylic acids is 1. The first-order chi connectivity index (χ1) is 12.6. The number of aromatic nitrogens is 1. The number of hydrogen-bond acceptors (Lipinski definition) is 5. The van der Waals surface area contributed by atoms with Crippen LogP contribution in [0.3, 0.4) is 0 Å². The van der Waals surface area contributed by atoms with Gasteiger partial charge in [0.1, 0.15) is 11.5 Å². The number of amidine groups is 1. The van der Waals surface area contributed by atoms with E-state index in [1.807, 2.05) is 20.8 Å². The quantitative estimate of drug-likeness (QED) is 0.795. The molecule has 0 saturated carbocycles. The Morgan fingerprint density at radius 3 is 2.63 bits per heavy atom. The van der Waals surface area contributed by atoms with Crippen molar-refractivity contribution in [3.05, 3.63) is 65.0 Å². The molecule has 0 bridgehead atoms. The summed E-state index contributed by atoms with van der Waals surface area (Å²) in [5.41, 5.74) is 5.88. The van der Waals surface area contributed by atoms with Gasteiger partial charge in [-0.2, -0.15) is 0 Å². The molecule has 1 atom stereocenters. The van der Waals surface area contributed by atoms with E-state index in [2.05, 4.69) is 9.98 Å². The van der Waals surface area contributed by atoms with Gasteiger partial charge in [-0.3, -0.25) is 14.8 Å². The van der Waals surface area contributed by atoms with Gasteiger partial charge in [-0.15, -0.1) is 0 Å². The molecule has 1 aliphatic rings. The number of aliphatic imine (C=N–C) groups is 1. The molecule has 1 aromatic heterocycles. The normalized spacial score (nSPS) is 21.6. The monoisotopic (exact) mass is 389 g/mol. The Hall–Kier alpha value is -2.28. The molecule has 4 nitrogen and oxygen atoms in total. The summed E-state index contributed by atoms with van der Waals surface area (Å²) in [6, 6.07) is 7.08. The van der Waals surface area contributed by atoms with Gasteiger partial charge < -0.3 is 5.73 Å². The van der Waals surface area contributed by atoms with Crippen molar-refractivity contribution in [2.45, 2.75) is 43.9 Å². The summed E-state index contributed by atoms with van der Waals surface area (Å²) < 4.78 is 28.2. The van der Waals surface area contributed by atoms with Crippen molar-refractivity contribution >= 4 is 22.7 Å². The summed E-state index contributed by atoms with van der Waals surface area (Å²) >= 11 is 1.46. The maximum absolute atomic E-state index is 14.6. The summed E-state index contributed by atoms with van der Waals surface area (Å²) in [4.78, 5) is 20.7. The Balaban J connectivity index is 1.95. The van der Waals surface area contributed by atoms with E-state index in [1.165, 1.54) is 42.2 Å². The van der Waals surface area contributed by atoms with Crippen molar-refractivity contribution in [1.29, 1.82) is 0 Å². The molecule has 2 heterocycles. The average molecular weight is 389 g/mol. The van der Waals surface area contributed by atoms with Gasteiger partial charge in [0.05, 0.1) is 5.54 Å². The van der Waals surface area contributed by atoms with E-state index >= 15 is 0 Å². The van der Waals surface area contributed by atoms with Crippen LogP contribution in [0.5, 0.6) is 0 Å². The molecule has 0 amide bonds. The van der Waals surface area contributed by atoms with Crippen LogP contribution in [0.1, 0.15) is 48.8 Å². The number of carbonyl (C=O) groups is 1. The highest BCUT2D eigenvalue weighted by atomic mass is 32.2. The van der Waals surface area contributed by atoms with Crippen LogP contribution >= 0.6 is 11.8 Å². The number of pyridine rings is 1. The van der Waals surface area contributed by atoms with E-state index in [-0.39, 0.29) is 16.9 Å². The Labute approximate surface area is 161 Å². The standard InChI is InChI=1S/C20H21F2N3OS/c1-19(2)11-20(3,25-18(23)27-19)13-9-12(6-7-14(13)21)10-16(26)17-15(22)5-4-8-24-17/h4-9H,10-11H2,1-3H3,(H2,23,25)/t20-/m0/s1. The number of Topliss-reactive ketones (excluding diaryl/α,β-unsaturated/α-hetero) is 1. The third-order valence-corrected chi connectivity index (χ3v) is 5.50. The van der Waals surface area contributed by atoms with Gasteiger partial charge in [0.25, 0.3) is 0 Å². The molecule has 142 valence electrons. The third-order valence-electron chi connectivity index (χ3n) is 4.51. The number of halogens is 2. The minimum absolute atomic E-state index is 0.0748. The molecular weight excluding hydrogens is 368 g/mol. The summed E-state index contributed by atoms with van der Waals surface area (Å²) in [5.74, 6) is -1.53. The van der Waals surface area contributed by atoms with Crippen LogP contribution < -0.4 is 5.73 Å². The zero-order valence-electron chi connectivity index (χ0n) is 15.4. The number of hydrogen-bond donors (Lipinski definition) is 1. The van der Waals surface area contributed by atoms with Crippen molar-refractivity contribution in [1.82, 2.24) is 4.98 Å². The largest absolute Gasteiger partial charge is 0.378 e. The van der Waals surface area contributed by atoms with Crippen LogP contribution in [0.25, 0.3) is 0 Å². The molecule has 2 N–H and O–H groups in total. The average Bonchev–Trinajstić information content (AvgIpc) is 2.54. The summed E-state index contributed by atoms with van der Waals surface area (Å²) in [7, 11) is 0. The van der Waals surface area contributed by atoms with E-state index in [9.17, 15) is 13.6 Å². The fraction of sp³-hybridized carbons (Fsp3) is 0.350. The number of thioether (sulfide) groups is 1. The molecule has 0 radical (unpaired) electrons. The molecule has 0 aliphatic carbocycles. The van der Waals surface area contributed by atoms with Crippen molar-refractivity contribution in [2.24, 2.45) is 10.7 Å². The maximum atomic E-state index is 14.6. The van der Waals surface area contributed by atoms with Crippen LogP contribution in [0.15, 0.2) is 41.5 Å². The van der Waals surface area contributed by atoms with E-state index in [1.54, 1.807) is 6.07 Å². The molecule has 7 heteroatoms. The highest BCUT2D eigenvalue weighted by Crippen LogP contribution is 2.45. The number of benzene rings is 1. The van der Waals surface area contributed by atoms with Gasteiger partial charge in [-0.05, 0) is 43.2 Å². The molecule has 2 aromatic rings. The molecule has 1 aliphatic heterocycles. The van der Waals surface area contributed by atoms with Crippen molar-refractivity contribution in [3.8, 4) is 0 Å².